The molecule has 1 aliphatic carbocycles. The second-order valence-electron chi connectivity index (χ2n) is 5.49. The molecule has 0 spiro atoms. The van der Waals surface area contributed by atoms with Crippen molar-refractivity contribution in [2.75, 3.05) is 14.1 Å². The van der Waals surface area contributed by atoms with Crippen LogP contribution in [0.15, 0.2) is 0 Å². The lowest BCUT2D eigenvalue weighted by atomic mass is 9.94. The quantitative estimate of drug-likeness (QED) is 0.748. The van der Waals surface area contributed by atoms with E-state index in [2.05, 4.69) is 37.2 Å². The Kier molecular flexibility index (Phi) is 4.35. The average Bonchev–Trinajstić information content (AvgIpc) is 3.10. The van der Waals surface area contributed by atoms with Crippen LogP contribution in [0, 0.1) is 17.2 Å². The number of hydrogen-bond donors (Lipinski definition) is 1. The van der Waals surface area contributed by atoms with Crippen molar-refractivity contribution < 1.29 is 0 Å². The van der Waals surface area contributed by atoms with Gasteiger partial charge in [0.25, 0.3) is 0 Å². The molecule has 0 aromatic rings. The summed E-state index contributed by atoms with van der Waals surface area (Å²) < 4.78 is 0. The summed E-state index contributed by atoms with van der Waals surface area (Å²) in [7, 11) is 4.04. The summed E-state index contributed by atoms with van der Waals surface area (Å²) in [5.74, 6) is 0.885. The highest BCUT2D eigenvalue weighted by molar-refractivity contribution is 5.05. The average molecular weight is 223 g/mol. The first-order chi connectivity index (χ1) is 7.43. The van der Waals surface area contributed by atoms with Crippen LogP contribution in [0.4, 0.5) is 0 Å². The van der Waals surface area contributed by atoms with Crippen LogP contribution < -0.4 is 5.32 Å². The molecule has 0 aliphatic heterocycles. The van der Waals surface area contributed by atoms with Crippen molar-refractivity contribution in [3.8, 4) is 6.07 Å². The molecule has 92 valence electrons. The van der Waals surface area contributed by atoms with Gasteiger partial charge in [-0.3, -0.25) is 0 Å². The first-order valence-corrected chi connectivity index (χ1v) is 6.25. The van der Waals surface area contributed by atoms with Crippen molar-refractivity contribution in [1.29, 1.82) is 5.26 Å². The summed E-state index contributed by atoms with van der Waals surface area (Å²) in [5, 5.41) is 12.3. The Morgan fingerprint density at radius 3 is 2.44 bits per heavy atom. The normalized spacial score (nSPS) is 23.6. The first kappa shape index (κ1) is 13.5. The van der Waals surface area contributed by atoms with Crippen molar-refractivity contribution in [3.63, 3.8) is 0 Å². The van der Waals surface area contributed by atoms with Crippen LogP contribution in [0.2, 0.25) is 0 Å². The van der Waals surface area contributed by atoms with Gasteiger partial charge in [-0.25, -0.2) is 0 Å². The van der Waals surface area contributed by atoms with Gasteiger partial charge >= 0.3 is 0 Å². The van der Waals surface area contributed by atoms with Crippen LogP contribution in [0.25, 0.3) is 0 Å². The number of hydrogen-bond acceptors (Lipinski definition) is 3. The van der Waals surface area contributed by atoms with E-state index in [1.54, 1.807) is 0 Å². The van der Waals surface area contributed by atoms with Crippen molar-refractivity contribution in [1.82, 2.24) is 10.2 Å². The highest BCUT2D eigenvalue weighted by Gasteiger charge is 2.34. The lowest BCUT2D eigenvalue weighted by molar-refractivity contribution is 0.153. The fraction of sp³-hybridized carbons (Fsp3) is 0.923. The Hall–Kier alpha value is -0.590. The Balaban J connectivity index is 2.50. The van der Waals surface area contributed by atoms with E-state index in [1.807, 2.05) is 14.0 Å². The smallest absolute Gasteiger partial charge is 0.105 e. The third-order valence-corrected chi connectivity index (χ3v) is 4.14. The zero-order chi connectivity index (χ0) is 12.3. The lowest BCUT2D eigenvalue weighted by Gasteiger charge is -2.35. The molecule has 1 rings (SSSR count). The summed E-state index contributed by atoms with van der Waals surface area (Å²) in [5.41, 5.74) is -0.406. The van der Waals surface area contributed by atoms with Crippen molar-refractivity contribution >= 4 is 0 Å². The minimum atomic E-state index is -0.406. The van der Waals surface area contributed by atoms with E-state index in [9.17, 15) is 0 Å². The molecule has 1 N–H and O–H groups in total. The van der Waals surface area contributed by atoms with Gasteiger partial charge in [0, 0.05) is 12.1 Å². The maximum absolute atomic E-state index is 9.15. The fourth-order valence-electron chi connectivity index (χ4n) is 2.25. The highest BCUT2D eigenvalue weighted by atomic mass is 15.2. The van der Waals surface area contributed by atoms with E-state index in [0.29, 0.717) is 12.1 Å². The summed E-state index contributed by atoms with van der Waals surface area (Å²) in [6.45, 7) is 6.49. The van der Waals surface area contributed by atoms with Gasteiger partial charge in [0.1, 0.15) is 5.54 Å². The Labute approximate surface area is 99.8 Å². The SMILES string of the molecule is CNC(C)(C#N)CC(C)N(C)C(C)C1CC1. The monoisotopic (exact) mass is 223 g/mol. The van der Waals surface area contributed by atoms with E-state index in [1.165, 1.54) is 12.8 Å². The molecule has 0 heterocycles. The molecule has 1 saturated carbocycles. The molecule has 0 saturated heterocycles. The predicted octanol–water partition coefficient (Wildman–Crippen LogP) is 2.00. The zero-order valence-corrected chi connectivity index (χ0v) is 11.2. The van der Waals surface area contributed by atoms with Gasteiger partial charge < -0.3 is 10.2 Å². The molecule has 16 heavy (non-hydrogen) atoms. The maximum Gasteiger partial charge on any atom is 0.105 e. The minimum absolute atomic E-state index is 0.406. The molecule has 0 amide bonds. The Morgan fingerprint density at radius 1 is 1.50 bits per heavy atom. The predicted molar refractivity (Wildman–Crippen MR) is 67.1 cm³/mol. The molecule has 3 atom stereocenters. The number of nitrogens with zero attached hydrogens (tertiary/aromatic N) is 2. The molecule has 0 aromatic carbocycles. The van der Waals surface area contributed by atoms with Crippen molar-refractivity contribution in [3.05, 3.63) is 0 Å². The number of nitrogens with one attached hydrogen (secondary N) is 1. The van der Waals surface area contributed by atoms with E-state index in [4.69, 9.17) is 5.26 Å². The molecule has 0 bridgehead atoms. The van der Waals surface area contributed by atoms with Crippen LogP contribution in [-0.4, -0.2) is 36.6 Å². The van der Waals surface area contributed by atoms with Crippen LogP contribution in [-0.2, 0) is 0 Å². The Morgan fingerprint density at radius 2 is 2.06 bits per heavy atom. The van der Waals surface area contributed by atoms with Crippen molar-refractivity contribution in [2.45, 2.75) is 57.7 Å². The second-order valence-corrected chi connectivity index (χ2v) is 5.49. The molecule has 1 aliphatic rings. The van der Waals surface area contributed by atoms with Crippen LogP contribution in [0.5, 0.6) is 0 Å². The number of rotatable bonds is 6. The van der Waals surface area contributed by atoms with E-state index >= 15 is 0 Å². The van der Waals surface area contributed by atoms with Gasteiger partial charge in [-0.1, -0.05) is 0 Å². The maximum atomic E-state index is 9.15. The molecular formula is C13H25N3. The van der Waals surface area contributed by atoms with Gasteiger partial charge in [0.05, 0.1) is 6.07 Å². The number of nitriles is 1. The molecule has 3 nitrogen and oxygen atoms in total. The molecule has 3 heteroatoms. The fourth-order valence-corrected chi connectivity index (χ4v) is 2.25. The van der Waals surface area contributed by atoms with Crippen LogP contribution >= 0.6 is 0 Å². The molecule has 0 radical (unpaired) electrons. The van der Waals surface area contributed by atoms with Gasteiger partial charge in [0.15, 0.2) is 0 Å². The van der Waals surface area contributed by atoms with Crippen LogP contribution in [0.1, 0.15) is 40.0 Å². The van der Waals surface area contributed by atoms with E-state index in [-0.39, 0.29) is 0 Å². The molecular weight excluding hydrogens is 198 g/mol. The van der Waals surface area contributed by atoms with E-state index in [0.717, 1.165) is 12.3 Å². The minimum Gasteiger partial charge on any atom is -0.303 e. The second kappa shape index (κ2) is 5.16. The first-order valence-electron chi connectivity index (χ1n) is 6.25. The summed E-state index contributed by atoms with van der Waals surface area (Å²) in [6, 6.07) is 3.45. The topological polar surface area (TPSA) is 39.1 Å². The van der Waals surface area contributed by atoms with Crippen molar-refractivity contribution in [2.24, 2.45) is 5.92 Å². The Bertz CT molecular complexity index is 267. The zero-order valence-electron chi connectivity index (χ0n) is 11.2. The third kappa shape index (κ3) is 3.20. The van der Waals surface area contributed by atoms with Gasteiger partial charge in [-0.05, 0) is 60.0 Å². The molecule has 3 unspecified atom stereocenters. The van der Waals surface area contributed by atoms with Gasteiger partial charge in [-0.15, -0.1) is 0 Å². The summed E-state index contributed by atoms with van der Waals surface area (Å²) in [4.78, 5) is 2.42. The van der Waals surface area contributed by atoms with E-state index < -0.39 is 5.54 Å². The van der Waals surface area contributed by atoms with Gasteiger partial charge in [0.2, 0.25) is 0 Å². The third-order valence-electron chi connectivity index (χ3n) is 4.14. The molecule has 1 fully saturated rings. The van der Waals surface area contributed by atoms with Gasteiger partial charge in [-0.2, -0.15) is 5.26 Å². The largest absolute Gasteiger partial charge is 0.303 e. The highest BCUT2D eigenvalue weighted by Crippen LogP contribution is 2.35. The standard InChI is InChI=1S/C13H25N3/c1-10(8-13(3,9-14)15-4)16(5)11(2)12-6-7-12/h10-12,15H,6-8H2,1-5H3. The molecule has 0 aromatic heterocycles. The van der Waals surface area contributed by atoms with Crippen LogP contribution in [0.3, 0.4) is 0 Å². The lowest BCUT2D eigenvalue weighted by Crippen LogP contribution is -2.47. The summed E-state index contributed by atoms with van der Waals surface area (Å²) >= 11 is 0. The summed E-state index contributed by atoms with van der Waals surface area (Å²) in [6.07, 6.45) is 3.62.